The molecule has 0 aromatic carbocycles. The van der Waals surface area contributed by atoms with Gasteiger partial charge >= 0.3 is 6.03 Å². The van der Waals surface area contributed by atoms with Crippen LogP contribution in [0.3, 0.4) is 0 Å². The Morgan fingerprint density at radius 2 is 2.10 bits per heavy atom. The molecule has 1 aliphatic rings. The van der Waals surface area contributed by atoms with Crippen LogP contribution in [0.1, 0.15) is 12.8 Å². The van der Waals surface area contributed by atoms with E-state index in [2.05, 4.69) is 0 Å². The Morgan fingerprint density at radius 1 is 1.45 bits per heavy atom. The van der Waals surface area contributed by atoms with Gasteiger partial charge in [0.15, 0.2) is 0 Å². The van der Waals surface area contributed by atoms with E-state index in [0.29, 0.717) is 0 Å². The number of aliphatic hydroxyl groups is 1. The fourth-order valence-electron chi connectivity index (χ4n) is 1.66. The molecule has 7 nitrogen and oxygen atoms in total. The number of carbonyl (C=O) groups is 3. The number of hydrogen-bond acceptors (Lipinski definition) is 4. The summed E-state index contributed by atoms with van der Waals surface area (Å²) in [5.41, 5.74) is 0. The predicted molar refractivity (Wildman–Crippen MR) is 64.0 cm³/mol. The molecule has 9 heteroatoms. The number of nitrogens with zero attached hydrogens (tertiary/aromatic N) is 2. The van der Waals surface area contributed by atoms with Crippen LogP contribution in [0.5, 0.6) is 0 Å². The van der Waals surface area contributed by atoms with Gasteiger partial charge in [-0.1, -0.05) is 0 Å². The second-order valence-corrected chi connectivity index (χ2v) is 4.58. The van der Waals surface area contributed by atoms with E-state index in [4.69, 9.17) is 5.11 Å². The largest absolute Gasteiger partial charge is 0.390 e. The zero-order valence-corrected chi connectivity index (χ0v) is 11.1. The quantitative estimate of drug-likeness (QED) is 0.614. The zero-order chi connectivity index (χ0) is 15.3. The predicted octanol–water partition coefficient (Wildman–Crippen LogP) is -0.596. The van der Waals surface area contributed by atoms with Crippen LogP contribution in [0.4, 0.5) is 13.6 Å². The van der Waals surface area contributed by atoms with Crippen molar-refractivity contribution in [1.82, 2.24) is 15.1 Å². The number of halogens is 2. The van der Waals surface area contributed by atoms with Crippen LogP contribution in [0.25, 0.3) is 0 Å². The maximum Gasteiger partial charge on any atom is 0.326 e. The van der Waals surface area contributed by atoms with Crippen LogP contribution in [0, 0.1) is 0 Å². The molecule has 1 saturated heterocycles. The van der Waals surface area contributed by atoms with Crippen molar-refractivity contribution >= 4 is 17.8 Å². The second kappa shape index (κ2) is 6.60. The van der Waals surface area contributed by atoms with Gasteiger partial charge in [0, 0.05) is 20.0 Å². The number of amides is 4. The lowest BCUT2D eigenvalue weighted by molar-refractivity contribution is -0.127. The third-order valence-electron chi connectivity index (χ3n) is 2.79. The summed E-state index contributed by atoms with van der Waals surface area (Å²) in [4.78, 5) is 36.5. The summed E-state index contributed by atoms with van der Waals surface area (Å²) in [6.07, 6.45) is 0.115. The van der Waals surface area contributed by atoms with Crippen molar-refractivity contribution in [2.24, 2.45) is 0 Å². The highest BCUT2D eigenvalue weighted by Crippen LogP contribution is 2.11. The lowest BCUT2D eigenvalue weighted by Gasteiger charge is -2.15. The van der Waals surface area contributed by atoms with E-state index in [1.807, 2.05) is 5.32 Å². The second-order valence-electron chi connectivity index (χ2n) is 4.58. The monoisotopic (exact) mass is 293 g/mol. The fourth-order valence-corrected chi connectivity index (χ4v) is 1.66. The third-order valence-corrected chi connectivity index (χ3v) is 2.79. The third kappa shape index (κ3) is 4.41. The summed E-state index contributed by atoms with van der Waals surface area (Å²) in [7, 11) is 1.49. The SMILES string of the molecule is CN1CC(=O)N(CCCC(=O)NCC(F)(F)CO)C1=O. The highest BCUT2D eigenvalue weighted by molar-refractivity contribution is 6.01. The molecule has 0 aromatic rings. The standard InChI is InChI=1S/C11H17F2N3O4/c1-15-5-9(19)16(10(15)20)4-2-3-8(18)14-6-11(12,13)7-17/h17H,2-7H2,1H3,(H,14,18). The first-order valence-corrected chi connectivity index (χ1v) is 6.07. The highest BCUT2D eigenvalue weighted by atomic mass is 19.3. The van der Waals surface area contributed by atoms with Gasteiger partial charge in [-0.3, -0.25) is 14.5 Å². The molecule has 0 radical (unpaired) electrons. The van der Waals surface area contributed by atoms with Crippen molar-refractivity contribution < 1.29 is 28.3 Å². The van der Waals surface area contributed by atoms with Gasteiger partial charge in [-0.25, -0.2) is 13.6 Å². The van der Waals surface area contributed by atoms with Crippen molar-refractivity contribution in [1.29, 1.82) is 0 Å². The van der Waals surface area contributed by atoms with Crippen molar-refractivity contribution in [3.63, 3.8) is 0 Å². The topological polar surface area (TPSA) is 90.0 Å². The number of aliphatic hydroxyl groups excluding tert-OH is 1. The highest BCUT2D eigenvalue weighted by Gasteiger charge is 2.33. The van der Waals surface area contributed by atoms with Gasteiger partial charge < -0.3 is 15.3 Å². The number of nitrogens with one attached hydrogen (secondary N) is 1. The fraction of sp³-hybridized carbons (Fsp3) is 0.727. The lowest BCUT2D eigenvalue weighted by atomic mass is 10.2. The molecule has 1 fully saturated rings. The minimum Gasteiger partial charge on any atom is -0.390 e. The van der Waals surface area contributed by atoms with Gasteiger partial charge in [-0.15, -0.1) is 0 Å². The summed E-state index contributed by atoms with van der Waals surface area (Å²) in [6, 6.07) is -0.428. The molecule has 1 heterocycles. The smallest absolute Gasteiger partial charge is 0.326 e. The zero-order valence-electron chi connectivity index (χ0n) is 11.1. The van der Waals surface area contributed by atoms with Gasteiger partial charge in [0.05, 0.1) is 6.54 Å². The Kier molecular flexibility index (Phi) is 5.37. The Hall–Kier alpha value is -1.77. The average molecular weight is 293 g/mol. The molecule has 0 aromatic heterocycles. The van der Waals surface area contributed by atoms with E-state index in [1.165, 1.54) is 11.9 Å². The minimum absolute atomic E-state index is 0.00769. The van der Waals surface area contributed by atoms with Crippen LogP contribution in [-0.4, -0.2) is 72.0 Å². The number of urea groups is 1. The number of alkyl halides is 2. The number of imide groups is 1. The molecule has 0 spiro atoms. The van der Waals surface area contributed by atoms with Crippen molar-refractivity contribution in [3.8, 4) is 0 Å². The summed E-state index contributed by atoms with van der Waals surface area (Å²) in [5.74, 6) is -4.31. The molecule has 0 saturated carbocycles. The molecule has 4 amide bonds. The summed E-state index contributed by atoms with van der Waals surface area (Å²) in [6.45, 7) is -2.19. The van der Waals surface area contributed by atoms with Crippen LogP contribution in [0.15, 0.2) is 0 Å². The molecular formula is C11H17F2N3O4. The molecular weight excluding hydrogens is 276 g/mol. The van der Waals surface area contributed by atoms with Gasteiger partial charge in [0.1, 0.15) is 13.2 Å². The first-order valence-electron chi connectivity index (χ1n) is 6.07. The number of hydrogen-bond donors (Lipinski definition) is 2. The van der Waals surface area contributed by atoms with Gasteiger partial charge in [0.2, 0.25) is 11.8 Å². The van der Waals surface area contributed by atoms with Gasteiger partial charge in [-0.2, -0.15) is 0 Å². The van der Waals surface area contributed by atoms with Crippen molar-refractivity contribution in [3.05, 3.63) is 0 Å². The van der Waals surface area contributed by atoms with E-state index in [1.54, 1.807) is 0 Å². The van der Waals surface area contributed by atoms with Crippen molar-refractivity contribution in [2.75, 3.05) is 33.3 Å². The van der Waals surface area contributed by atoms with Crippen LogP contribution >= 0.6 is 0 Å². The first kappa shape index (κ1) is 16.3. The Balaban J connectivity index is 2.26. The summed E-state index contributed by atoms with van der Waals surface area (Å²) >= 11 is 0. The number of rotatable bonds is 7. The molecule has 1 rings (SSSR count). The molecule has 0 unspecified atom stereocenters. The molecule has 20 heavy (non-hydrogen) atoms. The normalized spacial score (nSPS) is 16.0. The molecule has 0 bridgehead atoms. The summed E-state index contributed by atoms with van der Waals surface area (Å²) < 4.78 is 25.3. The van der Waals surface area contributed by atoms with Crippen LogP contribution in [-0.2, 0) is 9.59 Å². The van der Waals surface area contributed by atoms with Gasteiger partial charge in [-0.05, 0) is 6.42 Å². The van der Waals surface area contributed by atoms with E-state index in [9.17, 15) is 23.2 Å². The molecule has 0 aliphatic carbocycles. The van der Waals surface area contributed by atoms with Gasteiger partial charge in [0.25, 0.3) is 5.92 Å². The number of likely N-dealkylation sites (N-methyl/N-ethyl adjacent to an activating group) is 1. The Morgan fingerprint density at radius 3 is 2.60 bits per heavy atom. The average Bonchev–Trinajstić information content (AvgIpc) is 2.63. The number of carbonyl (C=O) groups excluding carboxylic acids is 3. The Labute approximate surface area is 114 Å². The van der Waals surface area contributed by atoms with Crippen molar-refractivity contribution in [2.45, 2.75) is 18.8 Å². The molecule has 2 N–H and O–H groups in total. The van der Waals surface area contributed by atoms with E-state index in [0.717, 1.165) is 4.90 Å². The van der Waals surface area contributed by atoms with E-state index in [-0.39, 0.29) is 31.8 Å². The lowest BCUT2D eigenvalue weighted by Crippen LogP contribution is -2.39. The minimum atomic E-state index is -3.35. The van der Waals surface area contributed by atoms with Crippen LogP contribution in [0.2, 0.25) is 0 Å². The maximum atomic E-state index is 12.7. The first-order chi connectivity index (χ1) is 9.26. The molecule has 1 aliphatic heterocycles. The molecule has 114 valence electrons. The summed E-state index contributed by atoms with van der Waals surface area (Å²) in [5, 5.41) is 10.3. The molecule has 0 atom stereocenters. The Bertz CT molecular complexity index is 403. The maximum absolute atomic E-state index is 12.7. The van der Waals surface area contributed by atoms with E-state index < -0.39 is 31.0 Å². The van der Waals surface area contributed by atoms with Crippen LogP contribution < -0.4 is 5.32 Å². The van der Waals surface area contributed by atoms with E-state index >= 15 is 0 Å².